The molecule has 0 atom stereocenters. The van der Waals surface area contributed by atoms with E-state index in [-0.39, 0.29) is 24.9 Å². The van der Waals surface area contributed by atoms with Crippen molar-refractivity contribution < 1.29 is 19.1 Å². The fourth-order valence-electron chi connectivity index (χ4n) is 3.26. The minimum atomic E-state index is -0.417. The lowest BCUT2D eigenvalue weighted by Crippen LogP contribution is -2.28. The van der Waals surface area contributed by atoms with Crippen molar-refractivity contribution in [1.29, 1.82) is 0 Å². The van der Waals surface area contributed by atoms with Crippen LogP contribution in [-0.4, -0.2) is 25.6 Å². The minimum Gasteiger partial charge on any atom is -0.496 e. The summed E-state index contributed by atoms with van der Waals surface area (Å²) < 4.78 is 10.5. The molecule has 0 aromatic heterocycles. The average Bonchev–Trinajstić information content (AvgIpc) is 2.81. The van der Waals surface area contributed by atoms with Gasteiger partial charge in [-0.1, -0.05) is 78.9 Å². The zero-order valence-corrected chi connectivity index (χ0v) is 16.9. The van der Waals surface area contributed by atoms with Crippen LogP contribution in [0.3, 0.4) is 0 Å². The highest BCUT2D eigenvalue weighted by Crippen LogP contribution is 2.28. The van der Waals surface area contributed by atoms with Crippen LogP contribution in [0, 0.1) is 0 Å². The molecule has 0 fully saturated rings. The molecule has 5 heteroatoms. The summed E-state index contributed by atoms with van der Waals surface area (Å²) in [4.78, 5) is 24.6. The number of carbonyl (C=O) groups excluding carboxylic acids is 2. The molecule has 3 rings (SSSR count). The summed E-state index contributed by atoms with van der Waals surface area (Å²) in [5, 5.41) is 2.75. The second-order valence-electron chi connectivity index (χ2n) is 6.83. The van der Waals surface area contributed by atoms with Crippen molar-refractivity contribution in [1.82, 2.24) is 5.32 Å². The maximum absolute atomic E-state index is 12.5. The fourth-order valence-corrected chi connectivity index (χ4v) is 3.26. The van der Waals surface area contributed by atoms with Crippen molar-refractivity contribution in [2.45, 2.75) is 18.9 Å². The Bertz CT molecular complexity index is 918. The number of amides is 1. The van der Waals surface area contributed by atoms with E-state index < -0.39 is 5.97 Å². The second-order valence-corrected chi connectivity index (χ2v) is 6.83. The number of carbonyl (C=O) groups is 2. The van der Waals surface area contributed by atoms with Gasteiger partial charge in [-0.15, -0.1) is 0 Å². The highest BCUT2D eigenvalue weighted by Gasteiger charge is 2.19. The molecule has 0 heterocycles. The highest BCUT2D eigenvalue weighted by molar-refractivity contribution is 5.81. The Balaban J connectivity index is 1.55. The van der Waals surface area contributed by atoms with Crippen molar-refractivity contribution in [3.8, 4) is 5.75 Å². The maximum atomic E-state index is 12.5. The lowest BCUT2D eigenvalue weighted by molar-refractivity contribution is -0.148. The first kappa shape index (κ1) is 21.1. The van der Waals surface area contributed by atoms with E-state index in [0.717, 1.165) is 16.7 Å². The van der Waals surface area contributed by atoms with Gasteiger partial charge in [0.1, 0.15) is 5.75 Å². The van der Waals surface area contributed by atoms with Gasteiger partial charge in [-0.25, -0.2) is 0 Å². The van der Waals surface area contributed by atoms with Gasteiger partial charge in [-0.2, -0.15) is 0 Å². The molecule has 1 amide bonds. The summed E-state index contributed by atoms with van der Waals surface area (Å²) in [5.41, 5.74) is 2.91. The van der Waals surface area contributed by atoms with Crippen molar-refractivity contribution >= 4 is 11.9 Å². The third-order valence-electron chi connectivity index (χ3n) is 4.81. The summed E-state index contributed by atoms with van der Waals surface area (Å²) in [6.07, 6.45) is 0.161. The third kappa shape index (κ3) is 5.95. The van der Waals surface area contributed by atoms with E-state index >= 15 is 0 Å². The smallest absolute Gasteiger partial charge is 0.307 e. The van der Waals surface area contributed by atoms with Crippen LogP contribution < -0.4 is 10.1 Å². The van der Waals surface area contributed by atoms with Gasteiger partial charge in [0, 0.05) is 18.0 Å². The molecule has 0 saturated heterocycles. The van der Waals surface area contributed by atoms with Gasteiger partial charge in [0.2, 0.25) is 0 Å². The number of ether oxygens (including phenoxy) is 2. The van der Waals surface area contributed by atoms with Crippen LogP contribution in [0.15, 0.2) is 84.9 Å². The first-order valence-electron chi connectivity index (χ1n) is 9.81. The summed E-state index contributed by atoms with van der Waals surface area (Å²) in [6, 6.07) is 27.1. The number of hydrogen-bond donors (Lipinski definition) is 1. The minimum absolute atomic E-state index is 0.128. The van der Waals surface area contributed by atoms with Crippen LogP contribution in [0.25, 0.3) is 0 Å². The Kier molecular flexibility index (Phi) is 7.61. The van der Waals surface area contributed by atoms with Gasteiger partial charge < -0.3 is 14.8 Å². The van der Waals surface area contributed by atoms with Gasteiger partial charge in [0.05, 0.1) is 13.5 Å². The van der Waals surface area contributed by atoms with Crippen LogP contribution in [0.4, 0.5) is 0 Å². The monoisotopic (exact) mass is 403 g/mol. The molecule has 1 N–H and O–H groups in total. The van der Waals surface area contributed by atoms with Crippen LogP contribution in [0.2, 0.25) is 0 Å². The van der Waals surface area contributed by atoms with E-state index in [1.807, 2.05) is 84.9 Å². The number of rotatable bonds is 9. The number of para-hydroxylation sites is 1. The molecule has 0 radical (unpaired) electrons. The molecule has 0 spiro atoms. The van der Waals surface area contributed by atoms with Gasteiger partial charge in [0.15, 0.2) is 6.61 Å². The number of esters is 1. The van der Waals surface area contributed by atoms with E-state index in [2.05, 4.69) is 5.32 Å². The second kappa shape index (κ2) is 10.8. The molecular formula is C25H25NO4. The number of nitrogens with one attached hydrogen (secondary N) is 1. The van der Waals surface area contributed by atoms with Crippen LogP contribution >= 0.6 is 0 Å². The number of benzene rings is 3. The molecule has 3 aromatic carbocycles. The number of hydrogen-bond acceptors (Lipinski definition) is 4. The SMILES string of the molecule is COc1ccccc1CNC(=O)COC(=O)CC(c1ccccc1)c1ccccc1. The molecule has 0 bridgehead atoms. The summed E-state index contributed by atoms with van der Waals surface area (Å²) in [5.74, 6) is -0.203. The van der Waals surface area contributed by atoms with Crippen LogP contribution in [-0.2, 0) is 20.9 Å². The third-order valence-corrected chi connectivity index (χ3v) is 4.81. The largest absolute Gasteiger partial charge is 0.496 e. The summed E-state index contributed by atoms with van der Waals surface area (Å²) in [6.45, 7) is -0.0126. The number of methoxy groups -OCH3 is 1. The Morgan fingerprint density at radius 2 is 1.40 bits per heavy atom. The van der Waals surface area contributed by atoms with Crippen LogP contribution in [0.1, 0.15) is 29.0 Å². The molecule has 154 valence electrons. The molecular weight excluding hydrogens is 378 g/mol. The summed E-state index contributed by atoms with van der Waals surface area (Å²) >= 11 is 0. The van der Waals surface area contributed by atoms with Crippen molar-refractivity contribution in [3.05, 3.63) is 102 Å². The van der Waals surface area contributed by atoms with Crippen molar-refractivity contribution in [2.24, 2.45) is 0 Å². The lowest BCUT2D eigenvalue weighted by Gasteiger charge is -2.17. The predicted octanol–water partition coefficient (Wildman–Crippen LogP) is 4.08. The van der Waals surface area contributed by atoms with E-state index in [9.17, 15) is 9.59 Å². The highest BCUT2D eigenvalue weighted by atomic mass is 16.5. The van der Waals surface area contributed by atoms with E-state index in [1.54, 1.807) is 7.11 Å². The zero-order valence-electron chi connectivity index (χ0n) is 16.9. The standard InChI is InChI=1S/C25H25NO4/c1-29-23-15-9-8-14-21(23)17-26-24(27)18-30-25(28)16-22(19-10-4-2-5-11-19)20-12-6-3-7-13-20/h2-15,22H,16-18H2,1H3,(H,26,27). The van der Waals surface area contributed by atoms with E-state index in [1.165, 1.54) is 0 Å². The fraction of sp³-hybridized carbons (Fsp3) is 0.200. The Morgan fingerprint density at radius 1 is 0.833 bits per heavy atom. The average molecular weight is 403 g/mol. The Morgan fingerprint density at radius 3 is 2.00 bits per heavy atom. The van der Waals surface area contributed by atoms with E-state index in [4.69, 9.17) is 9.47 Å². The first-order valence-corrected chi connectivity index (χ1v) is 9.81. The first-order chi connectivity index (χ1) is 14.7. The van der Waals surface area contributed by atoms with Gasteiger partial charge in [-0.05, 0) is 17.2 Å². The molecule has 30 heavy (non-hydrogen) atoms. The van der Waals surface area contributed by atoms with Gasteiger partial charge in [0.25, 0.3) is 5.91 Å². The quantitative estimate of drug-likeness (QED) is 0.547. The molecule has 0 aliphatic carbocycles. The van der Waals surface area contributed by atoms with E-state index in [0.29, 0.717) is 12.3 Å². The topological polar surface area (TPSA) is 64.6 Å². The maximum Gasteiger partial charge on any atom is 0.307 e. The lowest BCUT2D eigenvalue weighted by atomic mass is 9.89. The zero-order chi connectivity index (χ0) is 21.2. The molecule has 5 nitrogen and oxygen atoms in total. The van der Waals surface area contributed by atoms with Crippen LogP contribution in [0.5, 0.6) is 5.75 Å². The van der Waals surface area contributed by atoms with Gasteiger partial charge in [-0.3, -0.25) is 9.59 Å². The molecule has 0 aliphatic heterocycles. The summed E-state index contributed by atoms with van der Waals surface area (Å²) in [7, 11) is 1.58. The Labute approximate surface area is 176 Å². The Hall–Kier alpha value is -3.60. The predicted molar refractivity (Wildman–Crippen MR) is 115 cm³/mol. The van der Waals surface area contributed by atoms with Crippen molar-refractivity contribution in [2.75, 3.05) is 13.7 Å². The molecule has 0 saturated carbocycles. The normalized spacial score (nSPS) is 10.5. The molecule has 0 unspecified atom stereocenters. The van der Waals surface area contributed by atoms with Gasteiger partial charge >= 0.3 is 5.97 Å². The molecule has 0 aliphatic rings. The van der Waals surface area contributed by atoms with Crippen molar-refractivity contribution in [3.63, 3.8) is 0 Å². The molecule has 3 aromatic rings.